The van der Waals surface area contributed by atoms with Crippen LogP contribution in [-0.4, -0.2) is 41.5 Å². The predicted octanol–water partition coefficient (Wildman–Crippen LogP) is 2.24. The molecule has 3 rings (SSSR count). The van der Waals surface area contributed by atoms with Gasteiger partial charge in [0.25, 0.3) is 11.5 Å². The number of para-hydroxylation sites is 1. The second-order valence-electron chi connectivity index (χ2n) is 5.39. The summed E-state index contributed by atoms with van der Waals surface area (Å²) in [7, 11) is 3.20. The summed E-state index contributed by atoms with van der Waals surface area (Å²) in [5, 5.41) is 13.0. The van der Waals surface area contributed by atoms with Crippen LogP contribution in [0.3, 0.4) is 0 Å². The molecular weight excluding hydrogens is 319 g/mol. The third-order valence-electron chi connectivity index (χ3n) is 3.91. The molecule has 0 radical (unpaired) electrons. The molecule has 0 aliphatic rings. The number of fused-ring (bicyclic) bond motifs is 1. The molecule has 24 heavy (non-hydrogen) atoms. The number of aryl methyl sites for hydroxylation is 2. The zero-order valence-corrected chi connectivity index (χ0v) is 13.8. The van der Waals surface area contributed by atoms with Crippen molar-refractivity contribution in [3.05, 3.63) is 57.2 Å². The van der Waals surface area contributed by atoms with Gasteiger partial charge in [-0.1, -0.05) is 18.2 Å². The predicted molar refractivity (Wildman–Crippen MR) is 99.8 cm³/mol. The van der Waals surface area contributed by atoms with Crippen LogP contribution in [0.15, 0.2) is 40.5 Å². The van der Waals surface area contributed by atoms with E-state index in [9.17, 15) is 14.7 Å². The van der Waals surface area contributed by atoms with Crippen LogP contribution < -0.4 is 10.5 Å². The normalized spacial score (nSPS) is 10.5. The Morgan fingerprint density at radius 3 is 2.50 bits per heavy atom. The number of aromatic hydroxyl groups is 1. The first-order valence-corrected chi connectivity index (χ1v) is 7.94. The average molecular weight is 336 g/mol. The number of amides is 1. The van der Waals surface area contributed by atoms with Crippen molar-refractivity contribution in [2.24, 2.45) is 7.05 Å². The second-order valence-corrected chi connectivity index (χ2v) is 6.24. The van der Waals surface area contributed by atoms with Crippen molar-refractivity contribution >= 4 is 52.0 Å². The number of hydrogen-bond donors (Lipinski definition) is 1. The quantitative estimate of drug-likeness (QED) is 0.730. The molecule has 3 aromatic rings. The van der Waals surface area contributed by atoms with E-state index in [1.54, 1.807) is 26.2 Å². The summed E-state index contributed by atoms with van der Waals surface area (Å²) in [6.45, 7) is 1.85. The molecule has 0 spiro atoms. The fourth-order valence-corrected chi connectivity index (χ4v) is 3.60. The Kier molecular flexibility index (Phi) is 5.24. The molecule has 120 valence electrons. The van der Waals surface area contributed by atoms with Crippen molar-refractivity contribution in [3.63, 3.8) is 0 Å². The molecular formula is C17H17LiN2O3S. The van der Waals surface area contributed by atoms with Gasteiger partial charge in [0.1, 0.15) is 16.1 Å². The Balaban J connectivity index is 0.00000208. The van der Waals surface area contributed by atoms with Crippen molar-refractivity contribution < 1.29 is 9.90 Å². The minimum atomic E-state index is -0.526. The van der Waals surface area contributed by atoms with E-state index >= 15 is 0 Å². The summed E-state index contributed by atoms with van der Waals surface area (Å²) in [6.07, 6.45) is 0. The van der Waals surface area contributed by atoms with E-state index in [2.05, 4.69) is 0 Å². The first-order valence-electron chi connectivity index (χ1n) is 7.06. The van der Waals surface area contributed by atoms with E-state index in [0.29, 0.717) is 15.9 Å². The number of aromatic nitrogens is 1. The maximum absolute atomic E-state index is 12.8. The first kappa shape index (κ1) is 18.3. The van der Waals surface area contributed by atoms with Gasteiger partial charge < -0.3 is 14.6 Å². The second kappa shape index (κ2) is 6.86. The summed E-state index contributed by atoms with van der Waals surface area (Å²) in [6, 6.07) is 9.01. The zero-order valence-electron chi connectivity index (χ0n) is 13.0. The Hall–Kier alpha value is -2.00. The fourth-order valence-electron chi connectivity index (χ4n) is 2.58. The molecule has 0 saturated carbocycles. The van der Waals surface area contributed by atoms with Crippen molar-refractivity contribution in [3.8, 4) is 5.75 Å². The number of hydrogen-bond acceptors (Lipinski definition) is 4. The molecule has 0 atom stereocenters. The van der Waals surface area contributed by atoms with Gasteiger partial charge in [0, 0.05) is 19.8 Å². The summed E-state index contributed by atoms with van der Waals surface area (Å²) < 4.78 is 1.42. The van der Waals surface area contributed by atoms with Crippen LogP contribution in [0.4, 0.5) is 5.69 Å². The molecule has 2 heterocycles. The number of rotatable bonds is 2. The molecule has 0 fully saturated rings. The number of carbonyl (C=O) groups is 1. The molecule has 1 N–H and O–H groups in total. The monoisotopic (exact) mass is 336 g/mol. The molecule has 0 saturated heterocycles. The van der Waals surface area contributed by atoms with Gasteiger partial charge in [0.05, 0.1) is 5.39 Å². The van der Waals surface area contributed by atoms with Crippen LogP contribution >= 0.6 is 11.3 Å². The van der Waals surface area contributed by atoms with Crippen LogP contribution in [0.1, 0.15) is 15.9 Å². The summed E-state index contributed by atoms with van der Waals surface area (Å²) in [5.41, 5.74) is 0.799. The Bertz CT molecular complexity index is 963. The molecule has 1 amide bonds. The van der Waals surface area contributed by atoms with Gasteiger partial charge in [-0.3, -0.25) is 9.59 Å². The molecule has 0 unspecified atom stereocenters. The Morgan fingerprint density at radius 2 is 1.88 bits per heavy atom. The molecule has 7 heteroatoms. The van der Waals surface area contributed by atoms with Crippen LogP contribution in [-0.2, 0) is 7.05 Å². The third kappa shape index (κ3) is 2.78. The topological polar surface area (TPSA) is 62.5 Å². The summed E-state index contributed by atoms with van der Waals surface area (Å²) in [4.78, 5) is 27.3. The SMILES string of the molecule is Cc1csc2c1c(O)c(C(=O)N(C)c1ccccc1)c(=O)n2C.[LiH]. The van der Waals surface area contributed by atoms with Crippen molar-refractivity contribution in [1.29, 1.82) is 0 Å². The van der Waals surface area contributed by atoms with Crippen molar-refractivity contribution in [2.45, 2.75) is 6.92 Å². The van der Waals surface area contributed by atoms with E-state index in [1.165, 1.54) is 20.8 Å². The number of carbonyl (C=O) groups excluding carboxylic acids is 1. The van der Waals surface area contributed by atoms with Gasteiger partial charge in [0.2, 0.25) is 0 Å². The van der Waals surface area contributed by atoms with Crippen molar-refractivity contribution in [1.82, 2.24) is 4.57 Å². The van der Waals surface area contributed by atoms with Gasteiger partial charge in [-0.2, -0.15) is 0 Å². The third-order valence-corrected chi connectivity index (χ3v) is 5.09. The number of anilines is 1. The molecule has 0 aliphatic heterocycles. The van der Waals surface area contributed by atoms with Crippen LogP contribution in [0.2, 0.25) is 0 Å². The van der Waals surface area contributed by atoms with E-state index in [1.807, 2.05) is 30.5 Å². The minimum absolute atomic E-state index is 0. The van der Waals surface area contributed by atoms with Crippen LogP contribution in [0.25, 0.3) is 10.2 Å². The van der Waals surface area contributed by atoms with Gasteiger partial charge >= 0.3 is 18.9 Å². The van der Waals surface area contributed by atoms with E-state index in [0.717, 1.165) is 5.56 Å². The van der Waals surface area contributed by atoms with E-state index in [4.69, 9.17) is 0 Å². The molecule has 0 aliphatic carbocycles. The van der Waals surface area contributed by atoms with E-state index < -0.39 is 11.5 Å². The fraction of sp³-hybridized carbons (Fsp3) is 0.176. The molecule has 1 aromatic carbocycles. The number of thiophene rings is 1. The zero-order chi connectivity index (χ0) is 16.7. The van der Waals surface area contributed by atoms with Crippen LogP contribution in [0.5, 0.6) is 5.75 Å². The van der Waals surface area contributed by atoms with Gasteiger partial charge in [-0.25, -0.2) is 0 Å². The van der Waals surface area contributed by atoms with Gasteiger partial charge in [0.15, 0.2) is 0 Å². The average Bonchev–Trinajstić information content (AvgIpc) is 2.95. The number of pyridine rings is 1. The van der Waals surface area contributed by atoms with Gasteiger partial charge in [-0.15, -0.1) is 11.3 Å². The molecule has 0 bridgehead atoms. The Labute approximate surface area is 155 Å². The van der Waals surface area contributed by atoms with Gasteiger partial charge in [-0.05, 0) is 30.0 Å². The maximum atomic E-state index is 12.8. The number of nitrogens with zero attached hydrogens (tertiary/aromatic N) is 2. The van der Waals surface area contributed by atoms with Crippen molar-refractivity contribution in [2.75, 3.05) is 11.9 Å². The Morgan fingerprint density at radius 1 is 1.25 bits per heavy atom. The first-order chi connectivity index (χ1) is 10.9. The number of benzene rings is 1. The van der Waals surface area contributed by atoms with Crippen LogP contribution in [0, 0.1) is 6.92 Å². The molecule has 2 aromatic heterocycles. The summed E-state index contributed by atoms with van der Waals surface area (Å²) >= 11 is 1.37. The summed E-state index contributed by atoms with van der Waals surface area (Å²) in [5.74, 6) is -0.767. The standard InChI is InChI=1S/C17H16N2O3S.Li.H/c1-10-9-23-17-12(10)14(20)13(16(22)19(17)3)15(21)18(2)11-7-5-4-6-8-11;;/h4-9,20H,1-3H3;;. The van der Waals surface area contributed by atoms with E-state index in [-0.39, 0.29) is 30.2 Å². The molecule has 5 nitrogen and oxygen atoms in total.